The number of unbranched alkanes of at least 4 members (excludes halogenated alkanes) is 27. The molecule has 0 spiro atoms. The molecule has 3 atom stereocenters. The van der Waals surface area contributed by atoms with Crippen molar-refractivity contribution in [1.82, 2.24) is 0 Å². The maximum Gasteiger partial charge on any atom is 0.472 e. The molecule has 0 radical (unpaired) electrons. The van der Waals surface area contributed by atoms with E-state index in [4.69, 9.17) is 24.8 Å². The third-order valence-corrected chi connectivity index (χ3v) is 11.0. The maximum atomic E-state index is 12.6. The lowest BCUT2D eigenvalue weighted by Gasteiger charge is -2.20. The topological polar surface area (TPSA) is 172 Å². The first-order valence-electron chi connectivity index (χ1n) is 22.7. The summed E-state index contributed by atoms with van der Waals surface area (Å²) < 4.78 is 32.7. The third-order valence-electron chi connectivity index (χ3n) is 10.0. The number of carbonyl (C=O) groups excluding carboxylic acids is 2. The molecule has 0 aliphatic rings. The van der Waals surface area contributed by atoms with Gasteiger partial charge in [0.1, 0.15) is 12.6 Å². The van der Waals surface area contributed by atoms with Gasteiger partial charge in [-0.05, 0) is 38.5 Å². The molecule has 0 aromatic carbocycles. The first-order valence-corrected chi connectivity index (χ1v) is 24.2. The second-order valence-corrected chi connectivity index (χ2v) is 17.0. The van der Waals surface area contributed by atoms with E-state index in [2.05, 4.69) is 30.5 Å². The average Bonchev–Trinajstić information content (AvgIpc) is 3.17. The van der Waals surface area contributed by atoms with Crippen LogP contribution in [0.5, 0.6) is 0 Å². The normalized spacial score (nSPS) is 13.8. The highest BCUT2D eigenvalue weighted by atomic mass is 31.2. The SMILES string of the molecule is CCCCCCC=CCCCCCCCCCC(=O)OCC(COP(=O)(O)OCC(N)C(=O)O)OC(=O)CCCCCCCCCCCCCCCCCCC. The van der Waals surface area contributed by atoms with Gasteiger partial charge >= 0.3 is 25.7 Å². The molecule has 0 fully saturated rings. The molecule has 3 unspecified atom stereocenters. The van der Waals surface area contributed by atoms with Gasteiger partial charge in [-0.1, -0.05) is 180 Å². The summed E-state index contributed by atoms with van der Waals surface area (Å²) >= 11 is 0. The van der Waals surface area contributed by atoms with Crippen LogP contribution < -0.4 is 5.73 Å². The van der Waals surface area contributed by atoms with Gasteiger partial charge in [-0.3, -0.25) is 23.4 Å². The van der Waals surface area contributed by atoms with E-state index in [0.717, 1.165) is 44.9 Å². The summed E-state index contributed by atoms with van der Waals surface area (Å²) in [6, 6.07) is -1.52. The van der Waals surface area contributed by atoms with Crippen molar-refractivity contribution in [3.8, 4) is 0 Å². The van der Waals surface area contributed by atoms with E-state index in [1.165, 1.54) is 135 Å². The van der Waals surface area contributed by atoms with Gasteiger partial charge in [0.25, 0.3) is 0 Å². The van der Waals surface area contributed by atoms with Gasteiger partial charge in [-0.2, -0.15) is 0 Å². The van der Waals surface area contributed by atoms with Crippen LogP contribution in [0.1, 0.15) is 219 Å². The van der Waals surface area contributed by atoms with Crippen LogP contribution in [0.3, 0.4) is 0 Å². The monoisotopic (exact) mass is 818 g/mol. The highest BCUT2D eigenvalue weighted by Gasteiger charge is 2.28. The summed E-state index contributed by atoms with van der Waals surface area (Å²) in [6.07, 6.45) is 39.8. The number of phosphoric ester groups is 1. The molecule has 4 N–H and O–H groups in total. The van der Waals surface area contributed by atoms with E-state index in [9.17, 15) is 23.8 Å². The standard InChI is InChI=1S/C44H84NO10P/c1-3-5-7-9-11-13-15-17-19-20-22-24-26-28-30-32-34-36-43(47)55-40(38-53-56(50,51)54-39-41(45)44(48)49)37-52-42(46)35-33-31-29-27-25-23-21-18-16-14-12-10-8-6-4-2/h14,16,40-41H,3-13,15,17-39,45H2,1-2H3,(H,48,49)(H,50,51). The number of esters is 2. The zero-order chi connectivity index (χ0) is 41.4. The number of aliphatic carboxylic acids is 1. The van der Waals surface area contributed by atoms with E-state index in [-0.39, 0.29) is 19.4 Å². The predicted octanol–water partition coefficient (Wildman–Crippen LogP) is 12.1. The maximum absolute atomic E-state index is 12.6. The molecule has 0 aromatic heterocycles. The Morgan fingerprint density at radius 2 is 0.893 bits per heavy atom. The van der Waals surface area contributed by atoms with E-state index in [0.29, 0.717) is 12.8 Å². The molecular formula is C44H84NO10P. The van der Waals surface area contributed by atoms with Gasteiger partial charge in [0.2, 0.25) is 0 Å². The Balaban J connectivity index is 4.31. The lowest BCUT2D eigenvalue weighted by Crippen LogP contribution is -2.34. The molecule has 0 rings (SSSR count). The molecule has 0 heterocycles. The quantitative estimate of drug-likeness (QED) is 0.0231. The van der Waals surface area contributed by atoms with Crippen LogP contribution in [0.2, 0.25) is 0 Å². The Bertz CT molecular complexity index is 1010. The van der Waals surface area contributed by atoms with Crippen molar-refractivity contribution in [3.05, 3.63) is 12.2 Å². The number of phosphoric acid groups is 1. The summed E-state index contributed by atoms with van der Waals surface area (Å²) in [5.41, 5.74) is 5.34. The number of hydrogen-bond acceptors (Lipinski definition) is 9. The van der Waals surface area contributed by atoms with Crippen molar-refractivity contribution in [3.63, 3.8) is 0 Å². The highest BCUT2D eigenvalue weighted by molar-refractivity contribution is 7.47. The number of rotatable bonds is 43. The average molecular weight is 818 g/mol. The number of carbonyl (C=O) groups is 3. The van der Waals surface area contributed by atoms with E-state index in [1.807, 2.05) is 0 Å². The van der Waals surface area contributed by atoms with Crippen molar-refractivity contribution in [2.45, 2.75) is 231 Å². The van der Waals surface area contributed by atoms with Crippen molar-refractivity contribution in [2.75, 3.05) is 19.8 Å². The number of nitrogens with two attached hydrogens (primary N) is 1. The van der Waals surface area contributed by atoms with Crippen molar-refractivity contribution in [1.29, 1.82) is 0 Å². The zero-order valence-corrected chi connectivity index (χ0v) is 36.6. The van der Waals surface area contributed by atoms with Gasteiger partial charge in [0.15, 0.2) is 6.10 Å². The van der Waals surface area contributed by atoms with Gasteiger partial charge in [-0.15, -0.1) is 0 Å². The van der Waals surface area contributed by atoms with Crippen molar-refractivity contribution in [2.24, 2.45) is 5.73 Å². The van der Waals surface area contributed by atoms with Crippen LogP contribution in [0.25, 0.3) is 0 Å². The van der Waals surface area contributed by atoms with Crippen LogP contribution in [0.4, 0.5) is 0 Å². The fourth-order valence-corrected chi connectivity index (χ4v) is 7.19. The highest BCUT2D eigenvalue weighted by Crippen LogP contribution is 2.43. The Morgan fingerprint density at radius 1 is 0.536 bits per heavy atom. The smallest absolute Gasteiger partial charge is 0.472 e. The van der Waals surface area contributed by atoms with Crippen LogP contribution >= 0.6 is 7.82 Å². The van der Waals surface area contributed by atoms with Gasteiger partial charge in [0, 0.05) is 12.8 Å². The molecule has 0 bridgehead atoms. The molecule has 330 valence electrons. The van der Waals surface area contributed by atoms with Gasteiger partial charge in [0.05, 0.1) is 13.2 Å². The van der Waals surface area contributed by atoms with Gasteiger partial charge < -0.3 is 25.2 Å². The van der Waals surface area contributed by atoms with Crippen LogP contribution in [-0.2, 0) is 37.5 Å². The van der Waals surface area contributed by atoms with Crippen LogP contribution in [0, 0.1) is 0 Å². The fourth-order valence-electron chi connectivity index (χ4n) is 6.41. The molecule has 11 nitrogen and oxygen atoms in total. The molecule has 0 aliphatic heterocycles. The second-order valence-electron chi connectivity index (χ2n) is 15.5. The minimum atomic E-state index is -4.71. The summed E-state index contributed by atoms with van der Waals surface area (Å²) in [7, 11) is -4.71. The first-order chi connectivity index (χ1) is 27.1. The molecule has 0 saturated heterocycles. The van der Waals surface area contributed by atoms with Crippen molar-refractivity contribution >= 4 is 25.7 Å². The minimum Gasteiger partial charge on any atom is -0.480 e. The summed E-state index contributed by atoms with van der Waals surface area (Å²) in [5, 5.41) is 8.89. The zero-order valence-electron chi connectivity index (χ0n) is 35.7. The second kappa shape index (κ2) is 40.0. The molecule has 0 saturated carbocycles. The molecule has 0 amide bonds. The number of hydrogen-bond donors (Lipinski definition) is 3. The molecule has 56 heavy (non-hydrogen) atoms. The molecule has 0 aliphatic carbocycles. The lowest BCUT2D eigenvalue weighted by molar-refractivity contribution is -0.161. The minimum absolute atomic E-state index is 0.166. The Labute approximate surface area is 341 Å². The Morgan fingerprint density at radius 3 is 1.32 bits per heavy atom. The largest absolute Gasteiger partial charge is 0.480 e. The van der Waals surface area contributed by atoms with E-state index < -0.39 is 51.1 Å². The summed E-state index contributed by atoms with van der Waals surface area (Å²) in [5.74, 6) is -2.37. The number of allylic oxidation sites excluding steroid dienone is 2. The Hall–Kier alpha value is -1.78. The number of ether oxygens (including phenoxy) is 2. The molecule has 0 aromatic rings. The van der Waals surface area contributed by atoms with Crippen molar-refractivity contribution < 1.29 is 47.5 Å². The predicted molar refractivity (Wildman–Crippen MR) is 226 cm³/mol. The number of carboxylic acid groups (broad SMARTS) is 1. The lowest BCUT2D eigenvalue weighted by atomic mass is 10.0. The summed E-state index contributed by atoms with van der Waals surface area (Å²) in [4.78, 5) is 46.0. The van der Waals surface area contributed by atoms with Crippen LogP contribution in [0.15, 0.2) is 12.2 Å². The Kier molecular flexibility index (Phi) is 38.7. The van der Waals surface area contributed by atoms with E-state index in [1.54, 1.807) is 0 Å². The molecule has 12 heteroatoms. The van der Waals surface area contributed by atoms with E-state index >= 15 is 0 Å². The van der Waals surface area contributed by atoms with Crippen LogP contribution in [-0.4, -0.2) is 59.9 Å². The molecular weight excluding hydrogens is 733 g/mol. The first kappa shape index (κ1) is 54.2. The van der Waals surface area contributed by atoms with Gasteiger partial charge in [-0.25, -0.2) is 4.57 Å². The summed E-state index contributed by atoms with van der Waals surface area (Å²) in [6.45, 7) is 2.82. The number of carboxylic acids is 1. The fraction of sp³-hybridized carbons (Fsp3) is 0.886. The third kappa shape index (κ3) is 39.1.